The van der Waals surface area contributed by atoms with Crippen LogP contribution in [-0.2, 0) is 14.4 Å². The predicted octanol–water partition coefficient (Wildman–Crippen LogP) is 2.60. The Balaban J connectivity index is 1.84. The maximum atomic E-state index is 12.6. The van der Waals surface area contributed by atoms with Gasteiger partial charge in [0.1, 0.15) is 11.3 Å². The van der Waals surface area contributed by atoms with E-state index in [1.165, 1.54) is 18.0 Å². The summed E-state index contributed by atoms with van der Waals surface area (Å²) in [4.78, 5) is 35.7. The number of hydrazine groups is 1. The van der Waals surface area contributed by atoms with Gasteiger partial charge in [0.2, 0.25) is 0 Å². The maximum absolute atomic E-state index is 12.6. The van der Waals surface area contributed by atoms with Crippen LogP contribution in [-0.4, -0.2) is 29.0 Å². The highest BCUT2D eigenvalue weighted by Crippen LogP contribution is 2.26. The third-order valence-corrected chi connectivity index (χ3v) is 4.67. The SMILES string of the molecule is C[C@H](Oc1ccc(/C=C2/C(=O)NN(c3ccccc3)C2=O)cc1I)C(=O)O. The zero-order chi connectivity index (χ0) is 19.6. The van der Waals surface area contributed by atoms with Crippen LogP contribution < -0.4 is 15.2 Å². The van der Waals surface area contributed by atoms with Crippen molar-refractivity contribution in [1.29, 1.82) is 0 Å². The number of amides is 2. The summed E-state index contributed by atoms with van der Waals surface area (Å²) in [6, 6.07) is 13.8. The zero-order valence-corrected chi connectivity index (χ0v) is 16.3. The molecule has 1 saturated heterocycles. The van der Waals surface area contributed by atoms with E-state index in [1.807, 2.05) is 28.7 Å². The first-order valence-corrected chi connectivity index (χ1v) is 9.06. The molecule has 27 heavy (non-hydrogen) atoms. The fraction of sp³-hybridized carbons (Fsp3) is 0.105. The molecule has 1 aliphatic rings. The Morgan fingerprint density at radius 2 is 1.93 bits per heavy atom. The number of halogens is 1. The number of nitrogens with zero attached hydrogens (tertiary/aromatic N) is 1. The standard InChI is InChI=1S/C19H15IN2O5/c1-11(19(25)26)27-16-8-7-12(10-15(16)20)9-14-17(23)21-22(18(14)24)13-5-3-2-4-6-13/h2-11H,1H3,(H,21,23)(H,25,26)/b14-9-/t11-/m0/s1. The van der Waals surface area contributed by atoms with Crippen LogP contribution in [0.1, 0.15) is 12.5 Å². The second kappa shape index (κ2) is 7.78. The Morgan fingerprint density at radius 3 is 2.56 bits per heavy atom. The van der Waals surface area contributed by atoms with Crippen molar-refractivity contribution >= 4 is 52.1 Å². The van der Waals surface area contributed by atoms with Crippen molar-refractivity contribution in [2.45, 2.75) is 13.0 Å². The molecule has 138 valence electrons. The molecule has 1 fully saturated rings. The molecule has 0 saturated carbocycles. The van der Waals surface area contributed by atoms with E-state index in [1.54, 1.807) is 42.5 Å². The van der Waals surface area contributed by atoms with Gasteiger partial charge in [-0.25, -0.2) is 9.80 Å². The molecule has 7 nitrogen and oxygen atoms in total. The highest BCUT2D eigenvalue weighted by atomic mass is 127. The fourth-order valence-corrected chi connectivity index (χ4v) is 3.09. The van der Waals surface area contributed by atoms with E-state index in [4.69, 9.17) is 9.84 Å². The number of hydrogen-bond donors (Lipinski definition) is 2. The van der Waals surface area contributed by atoms with Crippen LogP contribution in [0.3, 0.4) is 0 Å². The first-order valence-electron chi connectivity index (χ1n) is 7.98. The van der Waals surface area contributed by atoms with Gasteiger partial charge in [0.25, 0.3) is 11.8 Å². The lowest BCUT2D eigenvalue weighted by molar-refractivity contribution is -0.144. The molecule has 2 amide bonds. The molecule has 0 aliphatic carbocycles. The number of carboxylic acids is 1. The van der Waals surface area contributed by atoms with Gasteiger partial charge in [0, 0.05) is 0 Å². The molecular weight excluding hydrogens is 463 g/mol. The molecule has 0 spiro atoms. The largest absolute Gasteiger partial charge is 0.479 e. The topological polar surface area (TPSA) is 95.9 Å². The summed E-state index contributed by atoms with van der Waals surface area (Å²) in [7, 11) is 0. The van der Waals surface area contributed by atoms with Gasteiger partial charge in [-0.15, -0.1) is 0 Å². The van der Waals surface area contributed by atoms with Crippen molar-refractivity contribution in [2.75, 3.05) is 5.01 Å². The van der Waals surface area contributed by atoms with Crippen LogP contribution in [0.4, 0.5) is 5.69 Å². The minimum atomic E-state index is -1.06. The van der Waals surface area contributed by atoms with Crippen molar-refractivity contribution < 1.29 is 24.2 Å². The molecule has 3 rings (SSSR count). The highest BCUT2D eigenvalue weighted by Gasteiger charge is 2.34. The summed E-state index contributed by atoms with van der Waals surface area (Å²) in [5.41, 5.74) is 3.75. The van der Waals surface area contributed by atoms with Gasteiger partial charge < -0.3 is 9.84 Å². The van der Waals surface area contributed by atoms with Gasteiger partial charge in [-0.1, -0.05) is 24.3 Å². The Morgan fingerprint density at radius 1 is 1.22 bits per heavy atom. The normalized spacial score (nSPS) is 16.4. The number of aliphatic carboxylic acids is 1. The molecule has 2 N–H and O–H groups in total. The average Bonchev–Trinajstić information content (AvgIpc) is 2.92. The second-order valence-corrected chi connectivity index (χ2v) is 6.93. The number of hydrogen-bond acceptors (Lipinski definition) is 4. The minimum absolute atomic E-state index is 0.0159. The van der Waals surface area contributed by atoms with E-state index in [0.717, 1.165) is 0 Å². The Hall–Kier alpha value is -2.88. The van der Waals surface area contributed by atoms with Crippen molar-refractivity contribution in [3.8, 4) is 5.75 Å². The molecule has 0 bridgehead atoms. The summed E-state index contributed by atoms with van der Waals surface area (Å²) < 4.78 is 6.03. The maximum Gasteiger partial charge on any atom is 0.344 e. The lowest BCUT2D eigenvalue weighted by Crippen LogP contribution is -2.35. The number of carbonyl (C=O) groups is 3. The molecule has 2 aromatic carbocycles. The molecule has 1 heterocycles. The van der Waals surface area contributed by atoms with Gasteiger partial charge in [-0.3, -0.25) is 15.0 Å². The third kappa shape index (κ3) is 4.11. The summed E-state index contributed by atoms with van der Waals surface area (Å²) in [6.45, 7) is 1.44. The number of carbonyl (C=O) groups excluding carboxylic acids is 2. The lowest BCUT2D eigenvalue weighted by Gasteiger charge is -2.14. The Kier molecular flexibility index (Phi) is 5.45. The molecular formula is C19H15IN2O5. The Bertz CT molecular complexity index is 942. The number of rotatable bonds is 5. The molecule has 1 atom stereocenters. The molecule has 2 aromatic rings. The smallest absolute Gasteiger partial charge is 0.344 e. The van der Waals surface area contributed by atoms with E-state index in [0.29, 0.717) is 20.6 Å². The number of carboxylic acid groups (broad SMARTS) is 1. The Labute approximate surface area is 168 Å². The first-order chi connectivity index (χ1) is 12.9. The number of ether oxygens (including phenoxy) is 1. The van der Waals surface area contributed by atoms with Crippen LogP contribution >= 0.6 is 22.6 Å². The van der Waals surface area contributed by atoms with Gasteiger partial charge in [-0.05, 0) is 65.4 Å². The van der Waals surface area contributed by atoms with Crippen LogP contribution in [0.25, 0.3) is 6.08 Å². The summed E-state index contributed by atoms with van der Waals surface area (Å²) in [5, 5.41) is 10.1. The predicted molar refractivity (Wildman–Crippen MR) is 107 cm³/mol. The third-order valence-electron chi connectivity index (χ3n) is 3.82. The average molecular weight is 478 g/mol. The lowest BCUT2D eigenvalue weighted by atomic mass is 10.1. The summed E-state index contributed by atoms with van der Waals surface area (Å²) in [5.74, 6) is -1.58. The van der Waals surface area contributed by atoms with E-state index in [9.17, 15) is 14.4 Å². The van der Waals surface area contributed by atoms with Crippen molar-refractivity contribution in [2.24, 2.45) is 0 Å². The number of benzene rings is 2. The minimum Gasteiger partial charge on any atom is -0.479 e. The molecule has 0 radical (unpaired) electrons. The van der Waals surface area contributed by atoms with E-state index < -0.39 is 23.9 Å². The van der Waals surface area contributed by atoms with Crippen LogP contribution in [0, 0.1) is 3.57 Å². The van der Waals surface area contributed by atoms with Crippen LogP contribution in [0.5, 0.6) is 5.75 Å². The van der Waals surface area contributed by atoms with E-state index in [-0.39, 0.29) is 5.57 Å². The van der Waals surface area contributed by atoms with Gasteiger partial charge >= 0.3 is 5.97 Å². The summed E-state index contributed by atoms with van der Waals surface area (Å²) >= 11 is 2.01. The first kappa shape index (κ1) is 18.9. The second-order valence-electron chi connectivity index (χ2n) is 5.76. The number of para-hydroxylation sites is 1. The number of anilines is 1. The molecule has 0 unspecified atom stereocenters. The van der Waals surface area contributed by atoms with Gasteiger partial charge in [-0.2, -0.15) is 0 Å². The highest BCUT2D eigenvalue weighted by molar-refractivity contribution is 14.1. The van der Waals surface area contributed by atoms with E-state index >= 15 is 0 Å². The van der Waals surface area contributed by atoms with Crippen LogP contribution in [0.15, 0.2) is 54.1 Å². The van der Waals surface area contributed by atoms with Crippen molar-refractivity contribution in [1.82, 2.24) is 5.43 Å². The molecule has 0 aromatic heterocycles. The van der Waals surface area contributed by atoms with Gasteiger partial charge in [0.05, 0.1) is 9.26 Å². The van der Waals surface area contributed by atoms with Crippen molar-refractivity contribution in [3.05, 3.63) is 63.2 Å². The fourth-order valence-electron chi connectivity index (χ4n) is 2.43. The van der Waals surface area contributed by atoms with Gasteiger partial charge in [0.15, 0.2) is 6.10 Å². The molecule has 1 aliphatic heterocycles. The van der Waals surface area contributed by atoms with Crippen molar-refractivity contribution in [3.63, 3.8) is 0 Å². The zero-order valence-electron chi connectivity index (χ0n) is 14.2. The molecule has 8 heteroatoms. The summed E-state index contributed by atoms with van der Waals surface area (Å²) in [6.07, 6.45) is 0.511. The quantitative estimate of drug-likeness (QED) is 0.392. The monoisotopic (exact) mass is 478 g/mol. The van der Waals surface area contributed by atoms with E-state index in [2.05, 4.69) is 5.43 Å². The number of nitrogens with one attached hydrogen (secondary N) is 1. The van der Waals surface area contributed by atoms with Crippen LogP contribution in [0.2, 0.25) is 0 Å².